The van der Waals surface area contributed by atoms with Gasteiger partial charge in [-0.3, -0.25) is 9.97 Å². The fourth-order valence-corrected chi connectivity index (χ4v) is 8.69. The molecule has 7 nitrogen and oxygen atoms in total. The van der Waals surface area contributed by atoms with Crippen molar-refractivity contribution in [2.24, 2.45) is 0 Å². The quantitative estimate of drug-likeness (QED) is 0.136. The van der Waals surface area contributed by atoms with Gasteiger partial charge < -0.3 is 9.13 Å². The van der Waals surface area contributed by atoms with Crippen molar-refractivity contribution >= 4 is 49.3 Å². The smallest absolute Gasteiger partial charge is 0.182 e. The van der Waals surface area contributed by atoms with Gasteiger partial charge in [-0.1, -0.05) is 122 Å². The average Bonchev–Trinajstić information content (AvgIpc) is 3.87. The highest BCUT2D eigenvalue weighted by molar-refractivity contribution is 6.12. The fraction of sp³-hybridized carbons (Fsp3) is 0.0179. The largest absolute Gasteiger partial charge is 0.310 e. The van der Waals surface area contributed by atoms with E-state index in [4.69, 9.17) is 15.0 Å². The van der Waals surface area contributed by atoms with Crippen LogP contribution in [0.3, 0.4) is 0 Å². The van der Waals surface area contributed by atoms with Crippen LogP contribution >= 0.6 is 0 Å². The van der Waals surface area contributed by atoms with Crippen LogP contribution in [0, 0.1) is 0 Å². The lowest BCUT2D eigenvalue weighted by Gasteiger charge is -2.12. The molecule has 0 fully saturated rings. The van der Waals surface area contributed by atoms with Crippen molar-refractivity contribution in [1.82, 2.24) is 34.1 Å². The molecule has 0 N–H and O–H groups in total. The van der Waals surface area contributed by atoms with E-state index < -0.39 is 0 Å². The number of benzene rings is 6. The summed E-state index contributed by atoms with van der Waals surface area (Å²) in [6, 6.07) is 59.6. The molecule has 0 aliphatic carbocycles. The molecule has 11 rings (SSSR count). The van der Waals surface area contributed by atoms with Crippen LogP contribution in [-0.2, 0) is 0 Å². The van der Waals surface area contributed by atoms with E-state index in [-0.39, 0.29) is 0 Å². The second-order valence-electron chi connectivity index (χ2n) is 15.3. The van der Waals surface area contributed by atoms with Gasteiger partial charge >= 0.3 is 0 Å². The summed E-state index contributed by atoms with van der Waals surface area (Å²) >= 11 is 0. The molecular formula is C56H39N7. The summed E-state index contributed by atoms with van der Waals surface area (Å²) in [5.41, 5.74) is 13.5. The summed E-state index contributed by atoms with van der Waals surface area (Å²) < 4.78 is 4.70. The zero-order valence-corrected chi connectivity index (χ0v) is 34.5. The molecule has 0 bridgehead atoms. The Morgan fingerprint density at radius 3 is 1.73 bits per heavy atom. The topological polar surface area (TPSA) is 74.3 Å². The van der Waals surface area contributed by atoms with Gasteiger partial charge in [-0.2, -0.15) is 0 Å². The number of nitrogens with zero attached hydrogens (tertiary/aromatic N) is 7. The number of aromatic nitrogens is 7. The Bertz CT molecular complexity index is 3520. The maximum atomic E-state index is 4.92. The van der Waals surface area contributed by atoms with E-state index in [0.29, 0.717) is 28.9 Å². The van der Waals surface area contributed by atoms with Gasteiger partial charge in [-0.05, 0) is 108 Å². The summed E-state index contributed by atoms with van der Waals surface area (Å²) in [4.78, 5) is 23.7. The van der Waals surface area contributed by atoms with Crippen molar-refractivity contribution in [3.05, 3.63) is 213 Å². The molecule has 6 aromatic carbocycles. The van der Waals surface area contributed by atoms with Gasteiger partial charge in [0, 0.05) is 50.9 Å². The molecule has 0 atom stereocenters. The van der Waals surface area contributed by atoms with Crippen molar-refractivity contribution in [2.75, 3.05) is 0 Å². The second-order valence-corrected chi connectivity index (χ2v) is 15.3. The molecule has 0 unspecified atom stereocenters. The van der Waals surface area contributed by atoms with Crippen LogP contribution in [0.4, 0.5) is 0 Å². The third-order valence-electron chi connectivity index (χ3n) is 11.6. The summed E-state index contributed by atoms with van der Waals surface area (Å²) in [5.74, 6) is 1.54. The average molecular weight is 810 g/mol. The molecule has 298 valence electrons. The van der Waals surface area contributed by atoms with Gasteiger partial charge in [0.25, 0.3) is 0 Å². The number of hydrogen-bond donors (Lipinski definition) is 0. The first-order chi connectivity index (χ1) is 31.1. The Morgan fingerprint density at radius 2 is 1.03 bits per heavy atom. The van der Waals surface area contributed by atoms with E-state index in [9.17, 15) is 0 Å². The normalized spacial score (nSPS) is 12.0. The molecule has 0 spiro atoms. The van der Waals surface area contributed by atoms with Crippen molar-refractivity contribution in [3.8, 4) is 62.4 Å². The Kier molecular flexibility index (Phi) is 9.40. The first-order valence-electron chi connectivity index (χ1n) is 21.0. The molecule has 5 aromatic heterocycles. The number of fused-ring (bicyclic) bond motifs is 6. The zero-order valence-electron chi connectivity index (χ0n) is 34.5. The lowest BCUT2D eigenvalue weighted by molar-refractivity contribution is 1.05. The number of para-hydroxylation sites is 2. The van der Waals surface area contributed by atoms with Gasteiger partial charge in [0.05, 0.1) is 22.1 Å². The molecule has 0 aliphatic heterocycles. The minimum absolute atomic E-state index is 0.493. The molecule has 0 saturated heterocycles. The third kappa shape index (κ3) is 6.69. The predicted octanol–water partition coefficient (Wildman–Crippen LogP) is 13.8. The molecule has 11 aromatic rings. The molecule has 0 aliphatic rings. The van der Waals surface area contributed by atoms with E-state index in [1.54, 1.807) is 12.4 Å². The molecule has 0 saturated carbocycles. The van der Waals surface area contributed by atoms with Gasteiger partial charge in [0.2, 0.25) is 0 Å². The number of allylic oxidation sites excluding steroid dienone is 5. The molecular weight excluding hydrogens is 771 g/mol. The van der Waals surface area contributed by atoms with E-state index in [2.05, 4.69) is 172 Å². The molecule has 5 heterocycles. The summed E-state index contributed by atoms with van der Waals surface area (Å²) in [7, 11) is 0. The van der Waals surface area contributed by atoms with E-state index >= 15 is 0 Å². The van der Waals surface area contributed by atoms with Crippen molar-refractivity contribution < 1.29 is 0 Å². The maximum absolute atomic E-state index is 4.92. The third-order valence-corrected chi connectivity index (χ3v) is 11.6. The lowest BCUT2D eigenvalue weighted by atomic mass is 10.0. The highest BCUT2D eigenvalue weighted by Gasteiger charge is 2.18. The fourth-order valence-electron chi connectivity index (χ4n) is 8.69. The Hall–Kier alpha value is -8.55. The molecule has 7 heteroatoms. The van der Waals surface area contributed by atoms with Crippen LogP contribution in [0.5, 0.6) is 0 Å². The first kappa shape index (κ1) is 37.4. The number of pyridine rings is 2. The molecule has 0 radical (unpaired) electrons. The monoisotopic (exact) mass is 809 g/mol. The van der Waals surface area contributed by atoms with Crippen LogP contribution in [0.15, 0.2) is 213 Å². The van der Waals surface area contributed by atoms with Gasteiger partial charge in [-0.15, -0.1) is 0 Å². The van der Waals surface area contributed by atoms with Crippen molar-refractivity contribution in [3.63, 3.8) is 0 Å². The Morgan fingerprint density at radius 1 is 0.460 bits per heavy atom. The maximum Gasteiger partial charge on any atom is 0.182 e. The standard InChI is InChI=1S/C56H39N7/c1-3-5-17-42(4-2)62-51-23-9-7-19-45(51)47-35-39(27-31-52(47)62)37-24-28-43(29-25-37)63-50-22-8-6-18-44(50)46-30-26-40(36-53(46)63)38-15-14-16-41(34-38)54-59-55(48-20-10-12-32-57-48)61-56(60-54)49-21-11-13-33-58-49/h3-36H,1H2,2H3/b17-5-,42-4+. The minimum Gasteiger partial charge on any atom is -0.310 e. The summed E-state index contributed by atoms with van der Waals surface area (Å²) in [6.07, 6.45) is 11.5. The van der Waals surface area contributed by atoms with Crippen LogP contribution in [0.25, 0.3) is 112 Å². The van der Waals surface area contributed by atoms with Crippen LogP contribution in [0.1, 0.15) is 6.92 Å². The van der Waals surface area contributed by atoms with Crippen LogP contribution in [0.2, 0.25) is 0 Å². The lowest BCUT2D eigenvalue weighted by Crippen LogP contribution is -2.01. The Balaban J connectivity index is 0.985. The van der Waals surface area contributed by atoms with Crippen LogP contribution in [-0.4, -0.2) is 34.1 Å². The van der Waals surface area contributed by atoms with Crippen LogP contribution < -0.4 is 0 Å². The zero-order chi connectivity index (χ0) is 42.3. The highest BCUT2D eigenvalue weighted by atomic mass is 15.1. The van der Waals surface area contributed by atoms with E-state index in [0.717, 1.165) is 44.7 Å². The minimum atomic E-state index is 0.493. The van der Waals surface area contributed by atoms with Gasteiger partial charge in [-0.25, -0.2) is 15.0 Å². The van der Waals surface area contributed by atoms with Crippen molar-refractivity contribution in [2.45, 2.75) is 6.92 Å². The Labute approximate surface area is 364 Å². The van der Waals surface area contributed by atoms with Gasteiger partial charge in [0.15, 0.2) is 17.5 Å². The SMILES string of the molecule is C=C/C=C\C(=C/C)n1c2ccccc2c2cc(-c3ccc(-n4c5ccccc5c5ccc(-c6cccc(-c7nc(-c8ccccn8)nc(-c8ccccn8)n7)c6)cc54)cc3)ccc21. The second kappa shape index (κ2) is 15.8. The number of rotatable bonds is 9. The molecule has 63 heavy (non-hydrogen) atoms. The summed E-state index contributed by atoms with van der Waals surface area (Å²) in [5, 5.41) is 4.84. The van der Waals surface area contributed by atoms with E-state index in [1.165, 1.54) is 38.1 Å². The highest BCUT2D eigenvalue weighted by Crippen LogP contribution is 2.38. The van der Waals surface area contributed by atoms with Gasteiger partial charge in [0.1, 0.15) is 11.4 Å². The predicted molar refractivity (Wildman–Crippen MR) is 259 cm³/mol. The number of hydrogen-bond acceptors (Lipinski definition) is 5. The summed E-state index contributed by atoms with van der Waals surface area (Å²) in [6.45, 7) is 5.96. The van der Waals surface area contributed by atoms with Crippen molar-refractivity contribution in [1.29, 1.82) is 0 Å². The first-order valence-corrected chi connectivity index (χ1v) is 21.0. The molecule has 0 amide bonds. The van der Waals surface area contributed by atoms with E-state index in [1.807, 2.05) is 54.6 Å².